The first-order valence-corrected chi connectivity index (χ1v) is 8.15. The molecule has 24 heavy (non-hydrogen) atoms. The molecule has 0 unspecified atom stereocenters. The van der Waals surface area contributed by atoms with Gasteiger partial charge in [-0.05, 0) is 30.8 Å². The van der Waals surface area contributed by atoms with Crippen molar-refractivity contribution in [1.82, 2.24) is 15.1 Å². The number of halogens is 2. The third-order valence-electron chi connectivity index (χ3n) is 3.70. The number of aliphatic hydroxyl groups excluding tert-OH is 1. The molecule has 8 heteroatoms. The van der Waals surface area contributed by atoms with Crippen LogP contribution in [0.3, 0.4) is 0 Å². The standard InChI is InChI=1S/C16H19Cl2N3O3/c1-19-3-4-21-9-13(14(22)16(21)24)15(23)20(2)8-10-5-11(17)7-12(18)6-10/h5-7,19,22H,3-4,8-9H2,1-2H3. The number of hydrogen-bond donors (Lipinski definition) is 2. The fourth-order valence-corrected chi connectivity index (χ4v) is 3.06. The molecule has 6 nitrogen and oxygen atoms in total. The van der Waals surface area contributed by atoms with Gasteiger partial charge in [-0.3, -0.25) is 9.59 Å². The maximum absolute atomic E-state index is 12.5. The number of amides is 2. The summed E-state index contributed by atoms with van der Waals surface area (Å²) < 4.78 is 0. The van der Waals surface area contributed by atoms with Crippen molar-refractivity contribution in [2.75, 3.05) is 33.7 Å². The molecule has 0 atom stereocenters. The molecule has 1 heterocycles. The van der Waals surface area contributed by atoms with Crippen molar-refractivity contribution < 1.29 is 14.7 Å². The smallest absolute Gasteiger partial charge is 0.289 e. The summed E-state index contributed by atoms with van der Waals surface area (Å²) in [4.78, 5) is 27.4. The monoisotopic (exact) mass is 371 g/mol. The number of nitrogens with one attached hydrogen (secondary N) is 1. The van der Waals surface area contributed by atoms with Crippen molar-refractivity contribution in [3.8, 4) is 0 Å². The first-order valence-electron chi connectivity index (χ1n) is 7.40. The maximum atomic E-state index is 12.5. The second-order valence-electron chi connectivity index (χ2n) is 5.60. The Kier molecular flexibility index (Phi) is 6.10. The van der Waals surface area contributed by atoms with Crippen LogP contribution in [0, 0.1) is 0 Å². The van der Waals surface area contributed by atoms with Crippen LogP contribution >= 0.6 is 23.2 Å². The summed E-state index contributed by atoms with van der Waals surface area (Å²) >= 11 is 11.9. The minimum absolute atomic E-state index is 0.103. The zero-order valence-electron chi connectivity index (χ0n) is 13.5. The number of likely N-dealkylation sites (N-methyl/N-ethyl adjacent to an activating group) is 2. The van der Waals surface area contributed by atoms with Crippen LogP contribution in [0.5, 0.6) is 0 Å². The lowest BCUT2D eigenvalue weighted by atomic mass is 10.2. The summed E-state index contributed by atoms with van der Waals surface area (Å²) in [6.45, 7) is 1.37. The zero-order valence-corrected chi connectivity index (χ0v) is 15.0. The van der Waals surface area contributed by atoms with Gasteiger partial charge in [0.2, 0.25) is 0 Å². The van der Waals surface area contributed by atoms with Crippen molar-refractivity contribution >= 4 is 35.0 Å². The average molecular weight is 372 g/mol. The van der Waals surface area contributed by atoms with Gasteiger partial charge in [-0.15, -0.1) is 0 Å². The molecular weight excluding hydrogens is 353 g/mol. The van der Waals surface area contributed by atoms with Crippen molar-refractivity contribution in [2.45, 2.75) is 6.54 Å². The van der Waals surface area contributed by atoms with E-state index in [9.17, 15) is 14.7 Å². The minimum Gasteiger partial charge on any atom is -0.503 e. The first-order chi connectivity index (χ1) is 11.3. The molecule has 1 aliphatic heterocycles. The van der Waals surface area contributed by atoms with E-state index in [1.165, 1.54) is 9.80 Å². The normalized spacial score (nSPS) is 14.5. The number of carbonyl (C=O) groups is 2. The molecule has 0 fully saturated rings. The molecule has 0 bridgehead atoms. The van der Waals surface area contributed by atoms with E-state index in [2.05, 4.69) is 5.32 Å². The number of nitrogens with zero attached hydrogens (tertiary/aromatic N) is 2. The van der Waals surface area contributed by atoms with Crippen molar-refractivity contribution in [1.29, 1.82) is 0 Å². The van der Waals surface area contributed by atoms with Crippen LogP contribution in [0.15, 0.2) is 29.5 Å². The third kappa shape index (κ3) is 4.20. The van der Waals surface area contributed by atoms with Gasteiger partial charge in [0.1, 0.15) is 0 Å². The van der Waals surface area contributed by atoms with E-state index in [0.717, 1.165) is 5.56 Å². The van der Waals surface area contributed by atoms with Gasteiger partial charge in [0, 0.05) is 36.7 Å². The molecule has 2 amide bonds. The van der Waals surface area contributed by atoms with Gasteiger partial charge in [-0.1, -0.05) is 23.2 Å². The molecule has 1 aliphatic rings. The molecule has 0 saturated carbocycles. The van der Waals surface area contributed by atoms with Crippen molar-refractivity contribution in [2.24, 2.45) is 0 Å². The van der Waals surface area contributed by atoms with E-state index < -0.39 is 17.6 Å². The number of carbonyl (C=O) groups excluding carboxylic acids is 2. The van der Waals surface area contributed by atoms with E-state index in [1.54, 1.807) is 32.3 Å². The molecule has 0 aliphatic carbocycles. The fraction of sp³-hybridized carbons (Fsp3) is 0.375. The Hall–Kier alpha value is -1.76. The van der Waals surface area contributed by atoms with Gasteiger partial charge in [0.25, 0.3) is 11.8 Å². The van der Waals surface area contributed by atoms with Gasteiger partial charge in [0.15, 0.2) is 5.76 Å². The van der Waals surface area contributed by atoms with E-state index in [1.807, 2.05) is 0 Å². The van der Waals surface area contributed by atoms with Crippen LogP contribution in [0.2, 0.25) is 10.0 Å². The summed E-state index contributed by atoms with van der Waals surface area (Å²) in [5.41, 5.74) is 0.867. The molecule has 1 aromatic carbocycles. The minimum atomic E-state index is -0.521. The van der Waals surface area contributed by atoms with Crippen LogP contribution in [0.4, 0.5) is 0 Å². The molecule has 0 saturated heterocycles. The second-order valence-corrected chi connectivity index (χ2v) is 6.47. The lowest BCUT2D eigenvalue weighted by molar-refractivity contribution is -0.128. The van der Waals surface area contributed by atoms with Crippen LogP contribution in [-0.4, -0.2) is 60.5 Å². The first kappa shape index (κ1) is 18.6. The number of aliphatic hydroxyl groups is 1. The Morgan fingerprint density at radius 1 is 1.33 bits per heavy atom. The number of hydrogen-bond acceptors (Lipinski definition) is 4. The predicted molar refractivity (Wildman–Crippen MR) is 93.1 cm³/mol. The number of benzene rings is 1. The van der Waals surface area contributed by atoms with E-state index in [0.29, 0.717) is 23.1 Å². The summed E-state index contributed by atoms with van der Waals surface area (Å²) in [7, 11) is 3.36. The topological polar surface area (TPSA) is 72.9 Å². The molecule has 2 rings (SSSR count). The summed E-state index contributed by atoms with van der Waals surface area (Å²) in [5.74, 6) is -1.40. The highest BCUT2D eigenvalue weighted by Crippen LogP contribution is 2.22. The summed E-state index contributed by atoms with van der Waals surface area (Å²) in [6.07, 6.45) is 0. The molecule has 130 valence electrons. The fourth-order valence-electron chi connectivity index (χ4n) is 2.49. The van der Waals surface area contributed by atoms with Gasteiger partial charge in [-0.25, -0.2) is 0 Å². The molecule has 0 radical (unpaired) electrons. The number of rotatable bonds is 6. The Morgan fingerprint density at radius 2 is 1.96 bits per heavy atom. The van der Waals surface area contributed by atoms with Crippen LogP contribution in [0.1, 0.15) is 5.56 Å². The van der Waals surface area contributed by atoms with Crippen LogP contribution in [0.25, 0.3) is 0 Å². The van der Waals surface area contributed by atoms with Gasteiger partial charge >= 0.3 is 0 Å². The lowest BCUT2D eigenvalue weighted by Gasteiger charge is -2.19. The quantitative estimate of drug-likeness (QED) is 0.799. The Labute approximate surface area is 150 Å². The van der Waals surface area contributed by atoms with E-state index >= 15 is 0 Å². The van der Waals surface area contributed by atoms with E-state index in [-0.39, 0.29) is 18.7 Å². The summed E-state index contributed by atoms with van der Waals surface area (Å²) in [5, 5.41) is 13.9. The molecule has 1 aromatic rings. The van der Waals surface area contributed by atoms with Crippen LogP contribution < -0.4 is 5.32 Å². The lowest BCUT2D eigenvalue weighted by Crippen LogP contribution is -2.35. The molecule has 2 N–H and O–H groups in total. The Bertz CT molecular complexity index is 671. The highest BCUT2D eigenvalue weighted by atomic mass is 35.5. The van der Waals surface area contributed by atoms with Gasteiger partial charge in [0.05, 0.1) is 12.1 Å². The second kappa shape index (κ2) is 7.88. The van der Waals surface area contributed by atoms with Crippen LogP contribution in [-0.2, 0) is 16.1 Å². The van der Waals surface area contributed by atoms with Crippen molar-refractivity contribution in [3.63, 3.8) is 0 Å². The maximum Gasteiger partial charge on any atom is 0.289 e. The Balaban J connectivity index is 2.08. The van der Waals surface area contributed by atoms with Gasteiger partial charge < -0.3 is 20.2 Å². The SMILES string of the molecule is CNCCN1CC(C(=O)N(C)Cc2cc(Cl)cc(Cl)c2)=C(O)C1=O. The molecule has 0 aromatic heterocycles. The van der Waals surface area contributed by atoms with Gasteiger partial charge in [-0.2, -0.15) is 0 Å². The molecular formula is C16H19Cl2N3O3. The average Bonchev–Trinajstić information content (AvgIpc) is 2.79. The largest absolute Gasteiger partial charge is 0.503 e. The predicted octanol–water partition coefficient (Wildman–Crippen LogP) is 1.83. The van der Waals surface area contributed by atoms with Crippen molar-refractivity contribution in [3.05, 3.63) is 45.1 Å². The third-order valence-corrected chi connectivity index (χ3v) is 4.14. The highest BCUT2D eigenvalue weighted by Gasteiger charge is 2.34. The highest BCUT2D eigenvalue weighted by molar-refractivity contribution is 6.34. The zero-order chi connectivity index (χ0) is 17.9. The Morgan fingerprint density at radius 3 is 2.54 bits per heavy atom. The van der Waals surface area contributed by atoms with E-state index in [4.69, 9.17) is 23.2 Å². The molecule has 0 spiro atoms. The summed E-state index contributed by atoms with van der Waals surface area (Å²) in [6, 6.07) is 5.03.